The highest BCUT2D eigenvalue weighted by atomic mass is 35.5. The average Bonchev–Trinajstić information content (AvgIpc) is 2.33. The zero-order valence-corrected chi connectivity index (χ0v) is 11.0. The Labute approximate surface area is 114 Å². The van der Waals surface area contributed by atoms with Crippen LogP contribution in [0.1, 0.15) is 30.4 Å². The van der Waals surface area contributed by atoms with Crippen LogP contribution in [0, 0.1) is 0 Å². The smallest absolute Gasteiger partial charge is 0.420 e. The molecule has 1 saturated heterocycles. The van der Waals surface area contributed by atoms with E-state index in [9.17, 15) is 18.3 Å². The quantitative estimate of drug-likeness (QED) is 0.870. The number of aromatic hydroxyl groups is 1. The second kappa shape index (κ2) is 5.59. The van der Waals surface area contributed by atoms with Crippen molar-refractivity contribution in [1.82, 2.24) is 5.32 Å². The molecule has 2 N–H and O–H groups in total. The molecule has 0 aromatic heterocycles. The Bertz CT molecular complexity index is 456. The molecule has 0 amide bonds. The summed E-state index contributed by atoms with van der Waals surface area (Å²) < 4.78 is 38.3. The fourth-order valence-electron chi connectivity index (χ4n) is 2.37. The lowest BCUT2D eigenvalue weighted by Crippen LogP contribution is -2.35. The van der Waals surface area contributed by atoms with Crippen LogP contribution in [0.25, 0.3) is 0 Å². The third kappa shape index (κ3) is 3.54. The first-order valence-electron chi connectivity index (χ1n) is 6.20. The van der Waals surface area contributed by atoms with Gasteiger partial charge in [-0.2, -0.15) is 13.2 Å². The molecule has 1 atom stereocenters. The summed E-state index contributed by atoms with van der Waals surface area (Å²) in [6.45, 7) is 0.891. The van der Waals surface area contributed by atoms with Crippen molar-refractivity contribution in [2.24, 2.45) is 0 Å². The van der Waals surface area contributed by atoms with Crippen LogP contribution >= 0.6 is 11.6 Å². The Morgan fingerprint density at radius 1 is 1.32 bits per heavy atom. The van der Waals surface area contributed by atoms with Crippen LogP contribution in [0.3, 0.4) is 0 Å². The van der Waals surface area contributed by atoms with Gasteiger partial charge in [-0.05, 0) is 43.5 Å². The summed E-state index contributed by atoms with van der Waals surface area (Å²) in [6, 6.07) is 2.57. The highest BCUT2D eigenvalue weighted by molar-refractivity contribution is 6.32. The van der Waals surface area contributed by atoms with Crippen LogP contribution in [-0.4, -0.2) is 17.7 Å². The normalized spacial score (nSPS) is 20.5. The van der Waals surface area contributed by atoms with Crippen molar-refractivity contribution in [3.05, 3.63) is 28.3 Å². The standard InChI is InChI=1S/C13H15ClF3NO/c14-11-7-8(5-9-3-1-2-4-18-9)6-10(12(11)19)13(15,16)17/h6-7,9,18-19H,1-5H2. The van der Waals surface area contributed by atoms with Crippen LogP contribution in [-0.2, 0) is 12.6 Å². The van der Waals surface area contributed by atoms with Gasteiger partial charge in [-0.3, -0.25) is 0 Å². The Morgan fingerprint density at radius 2 is 2.05 bits per heavy atom. The first kappa shape index (κ1) is 14.5. The minimum atomic E-state index is -4.59. The fourth-order valence-corrected chi connectivity index (χ4v) is 2.61. The van der Waals surface area contributed by atoms with Crippen molar-refractivity contribution in [2.45, 2.75) is 37.9 Å². The van der Waals surface area contributed by atoms with Crippen LogP contribution in [0.15, 0.2) is 12.1 Å². The first-order valence-corrected chi connectivity index (χ1v) is 6.57. The molecule has 2 nitrogen and oxygen atoms in total. The Hall–Kier alpha value is -0.940. The third-order valence-corrected chi connectivity index (χ3v) is 3.61. The van der Waals surface area contributed by atoms with E-state index in [0.29, 0.717) is 12.0 Å². The fraction of sp³-hybridized carbons (Fsp3) is 0.538. The molecule has 1 aliphatic heterocycles. The number of phenols is 1. The van der Waals surface area contributed by atoms with E-state index in [2.05, 4.69) is 5.32 Å². The maximum atomic E-state index is 12.8. The summed E-state index contributed by atoms with van der Waals surface area (Å²) in [5.41, 5.74) is -0.569. The summed E-state index contributed by atoms with van der Waals surface area (Å²) >= 11 is 5.67. The van der Waals surface area contributed by atoms with Gasteiger partial charge in [0.05, 0.1) is 10.6 Å². The van der Waals surface area contributed by atoms with E-state index in [1.54, 1.807) is 0 Å². The summed E-state index contributed by atoms with van der Waals surface area (Å²) in [6.07, 6.45) is -0.983. The molecule has 1 unspecified atom stereocenters. The molecular weight excluding hydrogens is 279 g/mol. The maximum absolute atomic E-state index is 12.8. The molecule has 0 saturated carbocycles. The first-order chi connectivity index (χ1) is 8.88. The summed E-state index contributed by atoms with van der Waals surface area (Å²) in [4.78, 5) is 0. The molecule has 0 aliphatic carbocycles. The summed E-state index contributed by atoms with van der Waals surface area (Å²) in [7, 11) is 0. The van der Waals surface area contributed by atoms with Gasteiger partial charge >= 0.3 is 6.18 Å². The second-order valence-electron chi connectivity index (χ2n) is 4.82. The molecule has 1 aromatic rings. The van der Waals surface area contributed by atoms with Gasteiger partial charge in [-0.1, -0.05) is 18.0 Å². The Kier molecular flexibility index (Phi) is 4.26. The largest absolute Gasteiger partial charge is 0.506 e. The minimum Gasteiger partial charge on any atom is -0.506 e. The van der Waals surface area contributed by atoms with Crippen LogP contribution < -0.4 is 5.32 Å². The Balaban J connectivity index is 2.23. The average molecular weight is 294 g/mol. The number of hydrogen-bond acceptors (Lipinski definition) is 2. The van der Waals surface area contributed by atoms with E-state index in [1.807, 2.05) is 0 Å². The molecule has 106 valence electrons. The van der Waals surface area contributed by atoms with Gasteiger partial charge in [0.2, 0.25) is 0 Å². The number of rotatable bonds is 2. The minimum absolute atomic E-state index is 0.176. The van der Waals surface area contributed by atoms with Gasteiger partial charge in [0.1, 0.15) is 5.75 Å². The van der Waals surface area contributed by atoms with E-state index in [0.717, 1.165) is 31.9 Å². The van der Waals surface area contributed by atoms with E-state index in [4.69, 9.17) is 11.6 Å². The summed E-state index contributed by atoms with van der Waals surface area (Å²) in [5.74, 6) is -0.894. The van der Waals surface area contributed by atoms with Gasteiger partial charge in [-0.15, -0.1) is 0 Å². The van der Waals surface area contributed by atoms with Gasteiger partial charge in [-0.25, -0.2) is 0 Å². The molecule has 1 fully saturated rings. The SMILES string of the molecule is Oc1c(Cl)cc(CC2CCCCN2)cc1C(F)(F)F. The number of nitrogens with one attached hydrogen (secondary N) is 1. The topological polar surface area (TPSA) is 32.3 Å². The predicted molar refractivity (Wildman–Crippen MR) is 67.5 cm³/mol. The van der Waals surface area contributed by atoms with Crippen molar-refractivity contribution >= 4 is 11.6 Å². The van der Waals surface area contributed by atoms with E-state index < -0.39 is 17.5 Å². The molecule has 0 radical (unpaired) electrons. The lowest BCUT2D eigenvalue weighted by Gasteiger charge is -2.24. The molecule has 0 spiro atoms. The molecule has 0 bridgehead atoms. The van der Waals surface area contributed by atoms with Crippen molar-refractivity contribution in [3.8, 4) is 5.75 Å². The maximum Gasteiger partial charge on any atom is 0.420 e. The Morgan fingerprint density at radius 3 is 2.63 bits per heavy atom. The van der Waals surface area contributed by atoms with Crippen molar-refractivity contribution in [1.29, 1.82) is 0 Å². The number of phenolic OH excluding ortho intramolecular Hbond substituents is 1. The third-order valence-electron chi connectivity index (χ3n) is 3.32. The molecular formula is C13H15ClF3NO. The number of hydrogen-bond donors (Lipinski definition) is 2. The number of halogens is 4. The molecule has 19 heavy (non-hydrogen) atoms. The zero-order valence-electron chi connectivity index (χ0n) is 10.2. The predicted octanol–water partition coefficient (Wildman–Crippen LogP) is 3.75. The molecule has 1 aromatic carbocycles. The lowest BCUT2D eigenvalue weighted by molar-refractivity contribution is -0.138. The van der Waals surface area contributed by atoms with Crippen LogP contribution in [0.4, 0.5) is 13.2 Å². The van der Waals surface area contributed by atoms with Gasteiger partial charge in [0.25, 0.3) is 0 Å². The van der Waals surface area contributed by atoms with Gasteiger partial charge in [0.15, 0.2) is 0 Å². The molecule has 1 heterocycles. The molecule has 2 rings (SSSR count). The van der Waals surface area contributed by atoms with Gasteiger partial charge < -0.3 is 10.4 Å². The van der Waals surface area contributed by atoms with E-state index >= 15 is 0 Å². The monoisotopic (exact) mass is 293 g/mol. The number of benzene rings is 1. The zero-order chi connectivity index (χ0) is 14.0. The van der Waals surface area contributed by atoms with Crippen molar-refractivity contribution < 1.29 is 18.3 Å². The highest BCUT2D eigenvalue weighted by Crippen LogP contribution is 2.40. The van der Waals surface area contributed by atoms with E-state index in [-0.39, 0.29) is 11.1 Å². The van der Waals surface area contributed by atoms with Crippen LogP contribution in [0.5, 0.6) is 5.75 Å². The van der Waals surface area contributed by atoms with Gasteiger partial charge in [0, 0.05) is 6.04 Å². The van der Waals surface area contributed by atoms with E-state index in [1.165, 1.54) is 6.07 Å². The summed E-state index contributed by atoms with van der Waals surface area (Å²) in [5, 5.41) is 12.4. The lowest BCUT2D eigenvalue weighted by atomic mass is 9.96. The van der Waals surface area contributed by atoms with Crippen molar-refractivity contribution in [2.75, 3.05) is 6.54 Å². The van der Waals surface area contributed by atoms with Crippen molar-refractivity contribution in [3.63, 3.8) is 0 Å². The second-order valence-corrected chi connectivity index (χ2v) is 5.23. The molecule has 1 aliphatic rings. The number of piperidine rings is 1. The number of alkyl halides is 3. The van der Waals surface area contributed by atoms with Crippen LogP contribution in [0.2, 0.25) is 5.02 Å². The highest BCUT2D eigenvalue weighted by Gasteiger charge is 2.35. The molecule has 6 heteroatoms.